The van der Waals surface area contributed by atoms with Crippen molar-refractivity contribution in [1.29, 1.82) is 5.26 Å². The van der Waals surface area contributed by atoms with Gasteiger partial charge in [-0.05, 0) is 6.92 Å². The second-order valence-electron chi connectivity index (χ2n) is 3.00. The highest BCUT2D eigenvalue weighted by atomic mass is 32.2. The summed E-state index contributed by atoms with van der Waals surface area (Å²) in [5.74, 6) is 0. The summed E-state index contributed by atoms with van der Waals surface area (Å²) < 4.78 is 58.6. The second kappa shape index (κ2) is 4.81. The van der Waals surface area contributed by atoms with Crippen LogP contribution in [0.5, 0.6) is 0 Å². The van der Waals surface area contributed by atoms with Crippen molar-refractivity contribution in [3.63, 3.8) is 0 Å². The van der Waals surface area contributed by atoms with Gasteiger partial charge in [-0.3, -0.25) is 0 Å². The van der Waals surface area contributed by atoms with E-state index in [0.29, 0.717) is 4.31 Å². The SMILES string of the molecule is CC(C#N)S(=O)(=O)N(C)CCC(F)(F)F. The van der Waals surface area contributed by atoms with E-state index in [9.17, 15) is 21.6 Å². The Labute approximate surface area is 86.3 Å². The van der Waals surface area contributed by atoms with Gasteiger partial charge in [0.25, 0.3) is 0 Å². The predicted molar refractivity (Wildman–Crippen MR) is 47.3 cm³/mol. The largest absolute Gasteiger partial charge is 0.390 e. The molecule has 0 radical (unpaired) electrons. The van der Waals surface area contributed by atoms with E-state index in [0.717, 1.165) is 14.0 Å². The first kappa shape index (κ1) is 14.2. The van der Waals surface area contributed by atoms with Crippen LogP contribution >= 0.6 is 0 Å². The molecule has 0 aliphatic heterocycles. The van der Waals surface area contributed by atoms with Crippen LogP contribution in [0, 0.1) is 11.3 Å². The average Bonchev–Trinajstić information content (AvgIpc) is 2.11. The van der Waals surface area contributed by atoms with Crippen LogP contribution < -0.4 is 0 Å². The molecule has 0 spiro atoms. The summed E-state index contributed by atoms with van der Waals surface area (Å²) in [7, 11) is -2.92. The van der Waals surface area contributed by atoms with Gasteiger partial charge in [0.15, 0.2) is 5.25 Å². The molecule has 0 N–H and O–H groups in total. The molecule has 0 aromatic carbocycles. The quantitative estimate of drug-likeness (QED) is 0.744. The van der Waals surface area contributed by atoms with Gasteiger partial charge in [0.2, 0.25) is 10.0 Å². The van der Waals surface area contributed by atoms with E-state index < -0.39 is 34.4 Å². The smallest absolute Gasteiger partial charge is 0.211 e. The number of hydrogen-bond acceptors (Lipinski definition) is 3. The fourth-order valence-electron chi connectivity index (χ4n) is 0.748. The van der Waals surface area contributed by atoms with Crippen LogP contribution in [0.25, 0.3) is 0 Å². The molecule has 0 aromatic heterocycles. The summed E-state index contributed by atoms with van der Waals surface area (Å²) in [5.41, 5.74) is 0. The Morgan fingerprint density at radius 3 is 2.27 bits per heavy atom. The molecule has 88 valence electrons. The second-order valence-corrected chi connectivity index (χ2v) is 5.36. The van der Waals surface area contributed by atoms with Gasteiger partial charge < -0.3 is 0 Å². The fraction of sp³-hybridized carbons (Fsp3) is 0.857. The van der Waals surface area contributed by atoms with Crippen LogP contribution in [0.15, 0.2) is 0 Å². The molecule has 1 atom stereocenters. The maximum atomic E-state index is 11.8. The molecule has 0 aromatic rings. The van der Waals surface area contributed by atoms with Gasteiger partial charge >= 0.3 is 6.18 Å². The summed E-state index contributed by atoms with van der Waals surface area (Å²) in [6.07, 6.45) is -5.62. The Morgan fingerprint density at radius 1 is 1.47 bits per heavy atom. The van der Waals surface area contributed by atoms with E-state index >= 15 is 0 Å². The Morgan fingerprint density at radius 2 is 1.93 bits per heavy atom. The maximum Gasteiger partial charge on any atom is 0.390 e. The third kappa shape index (κ3) is 4.48. The van der Waals surface area contributed by atoms with Gasteiger partial charge in [0.1, 0.15) is 0 Å². The number of nitrogens with zero attached hydrogens (tertiary/aromatic N) is 2. The van der Waals surface area contributed by atoms with E-state index in [4.69, 9.17) is 5.26 Å². The molecule has 0 saturated heterocycles. The average molecular weight is 244 g/mol. The highest BCUT2D eigenvalue weighted by Crippen LogP contribution is 2.20. The summed E-state index contributed by atoms with van der Waals surface area (Å²) >= 11 is 0. The lowest BCUT2D eigenvalue weighted by molar-refractivity contribution is -0.135. The van der Waals surface area contributed by atoms with Gasteiger partial charge in [-0.25, -0.2) is 12.7 Å². The van der Waals surface area contributed by atoms with Crippen molar-refractivity contribution in [1.82, 2.24) is 4.31 Å². The highest BCUT2D eigenvalue weighted by Gasteiger charge is 2.31. The molecular formula is C7H11F3N2O2S. The maximum absolute atomic E-state index is 11.8. The van der Waals surface area contributed by atoms with Gasteiger partial charge in [0.05, 0.1) is 12.5 Å². The van der Waals surface area contributed by atoms with Crippen molar-refractivity contribution in [3.05, 3.63) is 0 Å². The van der Waals surface area contributed by atoms with Gasteiger partial charge in [-0.2, -0.15) is 18.4 Å². The van der Waals surface area contributed by atoms with Crippen molar-refractivity contribution in [2.24, 2.45) is 0 Å². The van der Waals surface area contributed by atoms with Crippen molar-refractivity contribution < 1.29 is 21.6 Å². The fourth-order valence-corrected chi connectivity index (χ4v) is 1.77. The molecule has 0 rings (SSSR count). The number of hydrogen-bond donors (Lipinski definition) is 0. The summed E-state index contributed by atoms with van der Waals surface area (Å²) in [6, 6.07) is 1.47. The molecule has 0 aliphatic rings. The Balaban J connectivity index is 4.48. The first-order valence-corrected chi connectivity index (χ1v) is 5.53. The van der Waals surface area contributed by atoms with Crippen molar-refractivity contribution in [2.75, 3.05) is 13.6 Å². The zero-order valence-electron chi connectivity index (χ0n) is 8.24. The summed E-state index contributed by atoms with van der Waals surface area (Å²) in [5, 5.41) is 7.03. The summed E-state index contributed by atoms with van der Waals surface area (Å²) in [4.78, 5) is 0. The van der Waals surface area contributed by atoms with Gasteiger partial charge in [-0.1, -0.05) is 0 Å². The third-order valence-electron chi connectivity index (χ3n) is 1.77. The normalized spacial score (nSPS) is 15.0. The van der Waals surface area contributed by atoms with Crippen LogP contribution in [0.1, 0.15) is 13.3 Å². The number of alkyl halides is 3. The van der Waals surface area contributed by atoms with Crippen LogP contribution in [-0.2, 0) is 10.0 Å². The van der Waals surface area contributed by atoms with Gasteiger partial charge in [-0.15, -0.1) is 0 Å². The predicted octanol–water partition coefficient (Wildman–Crippen LogP) is 1.11. The molecule has 0 amide bonds. The Hall–Kier alpha value is -0.810. The summed E-state index contributed by atoms with van der Waals surface area (Å²) in [6.45, 7) is 0.456. The number of halogens is 3. The molecule has 0 saturated carbocycles. The third-order valence-corrected chi connectivity index (χ3v) is 3.82. The molecule has 8 heteroatoms. The minimum atomic E-state index is -4.40. The zero-order chi connectivity index (χ0) is 12.3. The highest BCUT2D eigenvalue weighted by molar-refractivity contribution is 7.89. The zero-order valence-corrected chi connectivity index (χ0v) is 9.06. The molecule has 4 nitrogen and oxygen atoms in total. The Bertz CT molecular complexity index is 344. The Kier molecular flexibility index (Phi) is 4.55. The number of sulfonamides is 1. The van der Waals surface area contributed by atoms with Crippen LogP contribution in [0.4, 0.5) is 13.2 Å². The monoisotopic (exact) mass is 244 g/mol. The van der Waals surface area contributed by atoms with E-state index in [2.05, 4.69) is 0 Å². The molecule has 1 unspecified atom stereocenters. The minimum absolute atomic E-state index is 0.550. The van der Waals surface area contributed by atoms with Crippen molar-refractivity contribution in [2.45, 2.75) is 24.8 Å². The molecule has 0 heterocycles. The lowest BCUT2D eigenvalue weighted by atomic mass is 10.4. The van der Waals surface area contributed by atoms with Crippen LogP contribution in [0.3, 0.4) is 0 Å². The van der Waals surface area contributed by atoms with E-state index in [1.807, 2.05) is 0 Å². The van der Waals surface area contributed by atoms with E-state index in [-0.39, 0.29) is 0 Å². The standard InChI is InChI=1S/C7H11F3N2O2S/c1-6(5-11)15(13,14)12(2)4-3-7(8,9)10/h6H,3-4H2,1-2H3. The number of nitriles is 1. The van der Waals surface area contributed by atoms with Crippen LogP contribution in [-0.4, -0.2) is 37.7 Å². The topological polar surface area (TPSA) is 61.2 Å². The molecule has 15 heavy (non-hydrogen) atoms. The molecule has 0 fully saturated rings. The number of rotatable bonds is 4. The van der Waals surface area contributed by atoms with Crippen molar-refractivity contribution >= 4 is 10.0 Å². The van der Waals surface area contributed by atoms with E-state index in [1.165, 1.54) is 6.07 Å². The van der Waals surface area contributed by atoms with Crippen LogP contribution in [0.2, 0.25) is 0 Å². The van der Waals surface area contributed by atoms with E-state index in [1.54, 1.807) is 0 Å². The lowest BCUT2D eigenvalue weighted by Gasteiger charge is -2.18. The minimum Gasteiger partial charge on any atom is -0.211 e. The first-order valence-electron chi connectivity index (χ1n) is 4.03. The van der Waals surface area contributed by atoms with Gasteiger partial charge in [0, 0.05) is 13.6 Å². The molecular weight excluding hydrogens is 233 g/mol. The van der Waals surface area contributed by atoms with Crippen molar-refractivity contribution in [3.8, 4) is 6.07 Å². The molecule has 0 aliphatic carbocycles. The lowest BCUT2D eigenvalue weighted by Crippen LogP contribution is -2.36. The first-order chi connectivity index (χ1) is 6.61. The molecule has 0 bridgehead atoms.